The number of aromatic carboxylic acids is 1. The molecule has 1 N–H and O–H groups in total. The molecule has 0 atom stereocenters. The summed E-state index contributed by atoms with van der Waals surface area (Å²) in [6, 6.07) is 17.6. The van der Waals surface area contributed by atoms with E-state index < -0.39 is 5.97 Å². The summed E-state index contributed by atoms with van der Waals surface area (Å²) in [5.74, 6) is -0.970. The fourth-order valence-electron chi connectivity index (χ4n) is 2.39. The number of carboxylic acid groups (broad SMARTS) is 1. The second kappa shape index (κ2) is 5.25. The molecule has 104 valence electrons. The lowest BCUT2D eigenvalue weighted by Gasteiger charge is -2.10. The summed E-state index contributed by atoms with van der Waals surface area (Å²) in [5, 5.41) is 10.0. The maximum atomic E-state index is 12.1. The molecule has 3 aromatic rings. The summed E-state index contributed by atoms with van der Waals surface area (Å²) < 4.78 is 1.65. The molecule has 0 aliphatic rings. The van der Waals surface area contributed by atoms with Crippen molar-refractivity contribution in [2.75, 3.05) is 0 Å². The van der Waals surface area contributed by atoms with E-state index in [1.165, 1.54) is 12.1 Å². The van der Waals surface area contributed by atoms with Gasteiger partial charge < -0.3 is 9.67 Å². The average Bonchev–Trinajstić information content (AvgIpc) is 2.50. The van der Waals surface area contributed by atoms with E-state index in [0.29, 0.717) is 6.54 Å². The number of carboxylic acids is 1. The van der Waals surface area contributed by atoms with Crippen molar-refractivity contribution in [2.24, 2.45) is 0 Å². The van der Waals surface area contributed by atoms with Gasteiger partial charge in [-0.15, -0.1) is 0 Å². The van der Waals surface area contributed by atoms with Crippen molar-refractivity contribution in [2.45, 2.75) is 6.54 Å². The van der Waals surface area contributed by atoms with Crippen LogP contribution in [-0.2, 0) is 6.54 Å². The van der Waals surface area contributed by atoms with Crippen molar-refractivity contribution < 1.29 is 9.90 Å². The Morgan fingerprint density at radius 1 is 1.00 bits per heavy atom. The number of rotatable bonds is 3. The number of pyridine rings is 1. The first-order valence-corrected chi connectivity index (χ1v) is 6.56. The van der Waals surface area contributed by atoms with Crippen molar-refractivity contribution in [1.29, 1.82) is 0 Å². The van der Waals surface area contributed by atoms with Gasteiger partial charge in [0.25, 0.3) is 5.56 Å². The lowest BCUT2D eigenvalue weighted by Crippen LogP contribution is -2.20. The molecular weight excluding hydrogens is 266 g/mol. The summed E-state index contributed by atoms with van der Waals surface area (Å²) in [6.45, 7) is 0.349. The zero-order valence-electron chi connectivity index (χ0n) is 11.2. The Bertz CT molecular complexity index is 880. The maximum absolute atomic E-state index is 12.1. The Labute approximate surface area is 120 Å². The van der Waals surface area contributed by atoms with Gasteiger partial charge in [0.15, 0.2) is 0 Å². The van der Waals surface area contributed by atoms with Crippen molar-refractivity contribution in [3.63, 3.8) is 0 Å². The molecule has 4 nitrogen and oxygen atoms in total. The summed E-state index contributed by atoms with van der Waals surface area (Å²) in [7, 11) is 0. The number of benzene rings is 2. The van der Waals surface area contributed by atoms with Crippen molar-refractivity contribution in [3.05, 3.63) is 82.1 Å². The normalized spacial score (nSPS) is 10.7. The van der Waals surface area contributed by atoms with Crippen LogP contribution in [0.3, 0.4) is 0 Å². The standard InChI is InChI=1S/C17H13NO3/c19-16-9-8-13-5-1-2-7-15(13)18(16)11-12-4-3-6-14(10-12)17(20)21/h1-10H,11H2,(H,20,21). The maximum Gasteiger partial charge on any atom is 0.335 e. The van der Waals surface area contributed by atoms with Crippen LogP contribution in [-0.4, -0.2) is 15.6 Å². The van der Waals surface area contributed by atoms with Crippen molar-refractivity contribution in [3.8, 4) is 0 Å². The third kappa shape index (κ3) is 2.56. The predicted octanol–water partition coefficient (Wildman–Crippen LogP) is 2.75. The van der Waals surface area contributed by atoms with Crippen LogP contribution < -0.4 is 5.56 Å². The van der Waals surface area contributed by atoms with Gasteiger partial charge in [-0.05, 0) is 35.2 Å². The number of para-hydroxylation sites is 1. The summed E-state index contributed by atoms with van der Waals surface area (Å²) in [4.78, 5) is 23.1. The van der Waals surface area contributed by atoms with Gasteiger partial charge >= 0.3 is 5.97 Å². The van der Waals surface area contributed by atoms with Gasteiger partial charge in [-0.1, -0.05) is 30.3 Å². The number of aromatic nitrogens is 1. The van der Waals surface area contributed by atoms with E-state index in [2.05, 4.69) is 0 Å². The van der Waals surface area contributed by atoms with Crippen LogP contribution in [0, 0.1) is 0 Å². The molecule has 1 aromatic heterocycles. The zero-order valence-corrected chi connectivity index (χ0v) is 11.2. The molecule has 1 heterocycles. The molecule has 0 radical (unpaired) electrons. The Balaban J connectivity index is 2.10. The molecule has 0 saturated carbocycles. The lowest BCUT2D eigenvalue weighted by atomic mass is 10.1. The predicted molar refractivity (Wildman–Crippen MR) is 80.7 cm³/mol. The number of carbonyl (C=O) groups is 1. The fraction of sp³-hybridized carbons (Fsp3) is 0.0588. The molecule has 0 aliphatic carbocycles. The molecule has 3 rings (SSSR count). The Kier molecular flexibility index (Phi) is 3.28. The smallest absolute Gasteiger partial charge is 0.335 e. The molecule has 4 heteroatoms. The first-order valence-electron chi connectivity index (χ1n) is 6.56. The highest BCUT2D eigenvalue weighted by atomic mass is 16.4. The van der Waals surface area contributed by atoms with Gasteiger partial charge in [-0.3, -0.25) is 4.79 Å². The molecule has 0 aliphatic heterocycles. The van der Waals surface area contributed by atoms with Crippen LogP contribution in [0.4, 0.5) is 0 Å². The quantitative estimate of drug-likeness (QED) is 0.802. The summed E-state index contributed by atoms with van der Waals surface area (Å²) in [5.41, 5.74) is 1.74. The highest BCUT2D eigenvalue weighted by Crippen LogP contribution is 2.13. The van der Waals surface area contributed by atoms with E-state index in [0.717, 1.165) is 16.5 Å². The third-order valence-electron chi connectivity index (χ3n) is 3.41. The molecule has 0 amide bonds. The zero-order chi connectivity index (χ0) is 14.8. The van der Waals surface area contributed by atoms with Crippen LogP contribution in [0.2, 0.25) is 0 Å². The highest BCUT2D eigenvalue weighted by molar-refractivity contribution is 5.87. The SMILES string of the molecule is O=C(O)c1cccc(Cn2c(=O)ccc3ccccc32)c1. The highest BCUT2D eigenvalue weighted by Gasteiger charge is 2.06. The molecule has 0 spiro atoms. The van der Waals surface area contributed by atoms with Crippen molar-refractivity contribution >= 4 is 16.9 Å². The van der Waals surface area contributed by atoms with E-state index in [4.69, 9.17) is 5.11 Å². The van der Waals surface area contributed by atoms with Crippen LogP contribution in [0.5, 0.6) is 0 Å². The largest absolute Gasteiger partial charge is 0.478 e. The number of hydrogen-bond donors (Lipinski definition) is 1. The molecule has 0 bridgehead atoms. The second-order valence-electron chi connectivity index (χ2n) is 4.82. The van der Waals surface area contributed by atoms with Crippen LogP contribution in [0.25, 0.3) is 10.9 Å². The van der Waals surface area contributed by atoms with E-state index in [9.17, 15) is 9.59 Å². The Hall–Kier alpha value is -2.88. The number of fused-ring (bicyclic) bond motifs is 1. The minimum Gasteiger partial charge on any atom is -0.478 e. The molecule has 0 fully saturated rings. The summed E-state index contributed by atoms with van der Waals surface area (Å²) >= 11 is 0. The molecular formula is C17H13NO3. The van der Waals surface area contributed by atoms with Gasteiger partial charge in [-0.25, -0.2) is 4.79 Å². The average molecular weight is 279 g/mol. The monoisotopic (exact) mass is 279 g/mol. The summed E-state index contributed by atoms with van der Waals surface area (Å²) in [6.07, 6.45) is 0. The van der Waals surface area contributed by atoms with Gasteiger partial charge in [0.1, 0.15) is 0 Å². The topological polar surface area (TPSA) is 59.3 Å². The van der Waals surface area contributed by atoms with E-state index in [1.807, 2.05) is 30.3 Å². The van der Waals surface area contributed by atoms with Crippen LogP contribution in [0.1, 0.15) is 15.9 Å². The minimum absolute atomic E-state index is 0.102. The first-order chi connectivity index (χ1) is 10.1. The first kappa shape index (κ1) is 13.1. The minimum atomic E-state index is -0.970. The number of nitrogens with zero attached hydrogens (tertiary/aromatic N) is 1. The van der Waals surface area contributed by atoms with Crippen molar-refractivity contribution in [1.82, 2.24) is 4.57 Å². The van der Waals surface area contributed by atoms with E-state index >= 15 is 0 Å². The Morgan fingerprint density at radius 2 is 1.81 bits per heavy atom. The molecule has 0 saturated heterocycles. The Morgan fingerprint density at radius 3 is 2.62 bits per heavy atom. The number of hydrogen-bond acceptors (Lipinski definition) is 2. The van der Waals surface area contributed by atoms with Gasteiger partial charge in [-0.2, -0.15) is 0 Å². The molecule has 0 unspecified atom stereocenters. The van der Waals surface area contributed by atoms with E-state index in [1.54, 1.807) is 22.8 Å². The van der Waals surface area contributed by atoms with Crippen LogP contribution in [0.15, 0.2) is 65.5 Å². The van der Waals surface area contributed by atoms with Gasteiger partial charge in [0.2, 0.25) is 0 Å². The fourth-order valence-corrected chi connectivity index (χ4v) is 2.39. The molecule has 21 heavy (non-hydrogen) atoms. The molecule has 2 aromatic carbocycles. The van der Waals surface area contributed by atoms with Crippen LogP contribution >= 0.6 is 0 Å². The third-order valence-corrected chi connectivity index (χ3v) is 3.41. The lowest BCUT2D eigenvalue weighted by molar-refractivity contribution is 0.0696. The van der Waals surface area contributed by atoms with Gasteiger partial charge in [0.05, 0.1) is 17.6 Å². The second-order valence-corrected chi connectivity index (χ2v) is 4.82. The van der Waals surface area contributed by atoms with E-state index in [-0.39, 0.29) is 11.1 Å². The van der Waals surface area contributed by atoms with Gasteiger partial charge in [0, 0.05) is 6.07 Å².